The third-order valence-corrected chi connectivity index (χ3v) is 6.39. The van der Waals surface area contributed by atoms with Crippen LogP contribution in [0.2, 0.25) is 5.02 Å². The molecular weight excluding hydrogens is 520 g/mol. The zero-order valence-electron chi connectivity index (χ0n) is 21.4. The van der Waals surface area contributed by atoms with Crippen LogP contribution in [0.15, 0.2) is 67.4 Å². The molecular formula is C27H29ClN8O3. The first-order chi connectivity index (χ1) is 18.9. The Kier molecular flexibility index (Phi) is 8.95. The number of nitrogens with one attached hydrogen (secondary N) is 4. The van der Waals surface area contributed by atoms with Crippen molar-refractivity contribution < 1.29 is 14.4 Å². The van der Waals surface area contributed by atoms with Crippen LogP contribution in [0, 0.1) is 0 Å². The van der Waals surface area contributed by atoms with E-state index in [0.717, 1.165) is 17.5 Å². The lowest BCUT2D eigenvalue weighted by Gasteiger charge is -2.36. The summed E-state index contributed by atoms with van der Waals surface area (Å²) in [5, 5.41) is 11.7. The third-order valence-electron chi connectivity index (χ3n) is 6.12. The SMILES string of the molecule is C=CC(=O)NCC(=O)N1CCN(c2ccc(Nc3ncc(Cl)c(Nc4ccccc4C(=O)NC)n3)cc2)CC1. The number of aromatic nitrogens is 2. The topological polar surface area (TPSA) is 132 Å². The van der Waals surface area contributed by atoms with Gasteiger partial charge in [0.2, 0.25) is 17.8 Å². The van der Waals surface area contributed by atoms with E-state index in [1.165, 1.54) is 6.20 Å². The molecule has 0 atom stereocenters. The van der Waals surface area contributed by atoms with Gasteiger partial charge >= 0.3 is 0 Å². The second-order valence-electron chi connectivity index (χ2n) is 8.60. The molecule has 11 nitrogen and oxygen atoms in total. The minimum absolute atomic E-state index is 0.0319. The highest BCUT2D eigenvalue weighted by atomic mass is 35.5. The van der Waals surface area contributed by atoms with Crippen LogP contribution in [0.1, 0.15) is 10.4 Å². The monoisotopic (exact) mass is 548 g/mol. The number of nitrogens with zero attached hydrogens (tertiary/aromatic N) is 4. The first-order valence-electron chi connectivity index (χ1n) is 12.3. The second kappa shape index (κ2) is 12.7. The molecule has 1 saturated heterocycles. The number of anilines is 5. The van der Waals surface area contributed by atoms with Crippen molar-refractivity contribution in [2.24, 2.45) is 0 Å². The van der Waals surface area contributed by atoms with Crippen LogP contribution in [0.5, 0.6) is 0 Å². The van der Waals surface area contributed by atoms with Gasteiger partial charge in [0.15, 0.2) is 5.82 Å². The number of halogens is 1. The zero-order valence-corrected chi connectivity index (χ0v) is 22.2. The van der Waals surface area contributed by atoms with Crippen LogP contribution < -0.4 is 26.2 Å². The molecule has 0 aliphatic carbocycles. The van der Waals surface area contributed by atoms with Crippen LogP contribution in [-0.2, 0) is 9.59 Å². The van der Waals surface area contributed by atoms with E-state index in [2.05, 4.69) is 42.7 Å². The van der Waals surface area contributed by atoms with Crippen LogP contribution in [0.4, 0.5) is 28.8 Å². The molecule has 202 valence electrons. The number of hydrogen-bond donors (Lipinski definition) is 4. The number of para-hydroxylation sites is 1. The molecule has 3 amide bonds. The molecule has 1 fully saturated rings. The van der Waals surface area contributed by atoms with E-state index >= 15 is 0 Å². The van der Waals surface area contributed by atoms with Gasteiger partial charge < -0.3 is 31.1 Å². The number of piperazine rings is 1. The Labute approximate surface area is 231 Å². The van der Waals surface area contributed by atoms with E-state index < -0.39 is 0 Å². The van der Waals surface area contributed by atoms with E-state index in [4.69, 9.17) is 11.6 Å². The summed E-state index contributed by atoms with van der Waals surface area (Å²) in [4.78, 5) is 48.5. The molecule has 0 radical (unpaired) electrons. The molecule has 3 aromatic rings. The first kappa shape index (κ1) is 27.4. The van der Waals surface area contributed by atoms with E-state index in [0.29, 0.717) is 54.2 Å². The fraction of sp³-hybridized carbons (Fsp3) is 0.222. The Hall–Kier alpha value is -4.64. The molecule has 4 N–H and O–H groups in total. The van der Waals surface area contributed by atoms with Crippen molar-refractivity contribution in [3.8, 4) is 0 Å². The lowest BCUT2D eigenvalue weighted by molar-refractivity contribution is -0.132. The standard InChI is InChI=1S/C27H29ClN8O3/c1-3-23(37)30-17-24(38)36-14-12-35(13-15-36)19-10-8-18(9-11-19)32-27-31-16-21(28)25(34-27)33-22-7-5-4-6-20(22)26(39)29-2/h3-11,16H,1,12-15,17H2,2H3,(H,29,39)(H,30,37)(H2,31,32,33,34). The maximum Gasteiger partial charge on any atom is 0.253 e. The van der Waals surface area contributed by atoms with Crippen molar-refractivity contribution in [1.29, 1.82) is 0 Å². The highest BCUT2D eigenvalue weighted by Gasteiger charge is 2.21. The van der Waals surface area contributed by atoms with Gasteiger partial charge in [-0.15, -0.1) is 0 Å². The molecule has 4 rings (SSSR count). The van der Waals surface area contributed by atoms with Crippen molar-refractivity contribution in [3.05, 3.63) is 78.0 Å². The van der Waals surface area contributed by atoms with E-state index in [9.17, 15) is 14.4 Å². The maximum absolute atomic E-state index is 12.3. The second-order valence-corrected chi connectivity index (χ2v) is 9.01. The number of rotatable bonds is 9. The summed E-state index contributed by atoms with van der Waals surface area (Å²) in [6, 6.07) is 14.9. The van der Waals surface area contributed by atoms with E-state index in [1.807, 2.05) is 30.3 Å². The van der Waals surface area contributed by atoms with Crippen LogP contribution >= 0.6 is 11.6 Å². The summed E-state index contributed by atoms with van der Waals surface area (Å²) < 4.78 is 0. The van der Waals surface area contributed by atoms with Gasteiger partial charge in [-0.25, -0.2) is 4.98 Å². The van der Waals surface area contributed by atoms with Gasteiger partial charge in [-0.3, -0.25) is 14.4 Å². The van der Waals surface area contributed by atoms with Crippen molar-refractivity contribution >= 4 is 58.2 Å². The molecule has 1 aliphatic heterocycles. The van der Waals surface area contributed by atoms with Crippen molar-refractivity contribution in [1.82, 2.24) is 25.5 Å². The van der Waals surface area contributed by atoms with Gasteiger partial charge in [0.1, 0.15) is 5.02 Å². The van der Waals surface area contributed by atoms with Gasteiger partial charge in [0.05, 0.1) is 24.0 Å². The molecule has 0 saturated carbocycles. The number of hydrogen-bond acceptors (Lipinski definition) is 8. The maximum atomic E-state index is 12.3. The predicted octanol–water partition coefficient (Wildman–Crippen LogP) is 2.93. The van der Waals surface area contributed by atoms with E-state index in [1.54, 1.807) is 30.1 Å². The molecule has 1 aromatic heterocycles. The summed E-state index contributed by atoms with van der Waals surface area (Å²) >= 11 is 6.32. The normalized spacial score (nSPS) is 12.9. The average Bonchev–Trinajstić information content (AvgIpc) is 2.97. The molecule has 2 heterocycles. The fourth-order valence-corrected chi connectivity index (χ4v) is 4.15. The summed E-state index contributed by atoms with van der Waals surface area (Å²) in [6.07, 6.45) is 2.63. The van der Waals surface area contributed by atoms with Crippen molar-refractivity contribution in [2.45, 2.75) is 0 Å². The molecule has 2 aromatic carbocycles. The number of carbonyl (C=O) groups is 3. The Balaban J connectivity index is 1.36. The minimum atomic E-state index is -0.362. The fourth-order valence-electron chi connectivity index (χ4n) is 4.01. The highest BCUT2D eigenvalue weighted by Crippen LogP contribution is 2.27. The summed E-state index contributed by atoms with van der Waals surface area (Å²) in [5.41, 5.74) is 2.84. The summed E-state index contributed by atoms with van der Waals surface area (Å²) in [7, 11) is 1.57. The lowest BCUT2D eigenvalue weighted by Crippen LogP contribution is -2.51. The first-order valence-corrected chi connectivity index (χ1v) is 12.7. The Morgan fingerprint density at radius 2 is 1.74 bits per heavy atom. The third kappa shape index (κ3) is 7.02. The lowest BCUT2D eigenvalue weighted by atomic mass is 10.1. The van der Waals surface area contributed by atoms with Gasteiger partial charge in [-0.2, -0.15) is 4.98 Å². The van der Waals surface area contributed by atoms with Gasteiger partial charge in [-0.05, 0) is 42.5 Å². The highest BCUT2D eigenvalue weighted by molar-refractivity contribution is 6.33. The van der Waals surface area contributed by atoms with Crippen LogP contribution in [0.3, 0.4) is 0 Å². The van der Waals surface area contributed by atoms with Gasteiger partial charge in [-0.1, -0.05) is 30.3 Å². The van der Waals surface area contributed by atoms with Crippen LogP contribution in [0.25, 0.3) is 0 Å². The van der Waals surface area contributed by atoms with Crippen molar-refractivity contribution in [3.63, 3.8) is 0 Å². The summed E-state index contributed by atoms with van der Waals surface area (Å²) in [5.74, 6) is -0.00929. The number of amides is 3. The Bertz CT molecular complexity index is 1360. The minimum Gasteiger partial charge on any atom is -0.368 e. The number of benzene rings is 2. The van der Waals surface area contributed by atoms with Crippen molar-refractivity contribution in [2.75, 3.05) is 55.3 Å². The molecule has 0 spiro atoms. The molecule has 12 heteroatoms. The Morgan fingerprint density at radius 1 is 1.03 bits per heavy atom. The molecule has 0 unspecified atom stereocenters. The van der Waals surface area contributed by atoms with Crippen LogP contribution in [-0.4, -0.2) is 72.4 Å². The Morgan fingerprint density at radius 3 is 2.44 bits per heavy atom. The molecule has 0 bridgehead atoms. The largest absolute Gasteiger partial charge is 0.368 e. The number of carbonyl (C=O) groups excluding carboxylic acids is 3. The van der Waals surface area contributed by atoms with E-state index in [-0.39, 0.29) is 24.3 Å². The smallest absolute Gasteiger partial charge is 0.253 e. The molecule has 1 aliphatic rings. The summed E-state index contributed by atoms with van der Waals surface area (Å²) in [6.45, 7) is 5.85. The van der Waals surface area contributed by atoms with Gasteiger partial charge in [0, 0.05) is 44.6 Å². The molecule has 39 heavy (non-hydrogen) atoms. The predicted molar refractivity (Wildman–Crippen MR) is 152 cm³/mol. The zero-order chi connectivity index (χ0) is 27.8. The van der Waals surface area contributed by atoms with Gasteiger partial charge in [0.25, 0.3) is 5.91 Å². The average molecular weight is 549 g/mol. The quantitative estimate of drug-likeness (QED) is 0.300.